The lowest BCUT2D eigenvalue weighted by Crippen LogP contribution is -2.36. The Hall–Kier alpha value is -2.36. The van der Waals surface area contributed by atoms with Crippen LogP contribution < -0.4 is 10.2 Å². The molecule has 0 radical (unpaired) electrons. The largest absolute Gasteiger partial charge is 0.356 e. The average molecular weight is 335 g/mol. The van der Waals surface area contributed by atoms with Crippen LogP contribution in [0.15, 0.2) is 48.7 Å². The van der Waals surface area contributed by atoms with Gasteiger partial charge < -0.3 is 10.2 Å². The number of carbonyl (C=O) groups excluding carboxylic acids is 1. The third-order valence-electron chi connectivity index (χ3n) is 5.47. The van der Waals surface area contributed by atoms with Crippen molar-refractivity contribution in [2.24, 2.45) is 0 Å². The highest BCUT2D eigenvalue weighted by Crippen LogP contribution is 2.48. The van der Waals surface area contributed by atoms with Crippen molar-refractivity contribution in [3.63, 3.8) is 0 Å². The molecule has 1 aromatic heterocycles. The summed E-state index contributed by atoms with van der Waals surface area (Å²) in [6.07, 6.45) is 7.47. The molecule has 1 amide bonds. The average Bonchev–Trinajstić information content (AvgIpc) is 3.50. The number of benzene rings is 1. The van der Waals surface area contributed by atoms with Crippen molar-refractivity contribution in [1.82, 2.24) is 10.3 Å². The van der Waals surface area contributed by atoms with Crippen LogP contribution in [0.25, 0.3) is 0 Å². The first-order valence-electron chi connectivity index (χ1n) is 9.32. The zero-order valence-corrected chi connectivity index (χ0v) is 14.6. The molecule has 1 aliphatic heterocycles. The topological polar surface area (TPSA) is 45.2 Å². The maximum absolute atomic E-state index is 12.8. The van der Waals surface area contributed by atoms with Crippen molar-refractivity contribution >= 4 is 11.7 Å². The molecule has 4 nitrogen and oxygen atoms in total. The quantitative estimate of drug-likeness (QED) is 0.911. The Morgan fingerprint density at radius 2 is 1.80 bits per heavy atom. The van der Waals surface area contributed by atoms with E-state index in [0.717, 1.165) is 42.9 Å². The smallest absolute Gasteiger partial charge is 0.230 e. The van der Waals surface area contributed by atoms with E-state index in [9.17, 15) is 4.79 Å². The van der Waals surface area contributed by atoms with Crippen molar-refractivity contribution in [2.45, 2.75) is 44.1 Å². The molecule has 1 saturated heterocycles. The van der Waals surface area contributed by atoms with E-state index in [1.54, 1.807) is 0 Å². The molecule has 4 rings (SSSR count). The second-order valence-corrected chi connectivity index (χ2v) is 7.16. The van der Waals surface area contributed by atoms with Crippen LogP contribution in [0.3, 0.4) is 0 Å². The Bertz CT molecular complexity index is 734. The molecule has 0 spiro atoms. The van der Waals surface area contributed by atoms with Gasteiger partial charge in [0.05, 0.1) is 5.41 Å². The van der Waals surface area contributed by atoms with Gasteiger partial charge in [-0.2, -0.15) is 0 Å². The Morgan fingerprint density at radius 1 is 1.04 bits per heavy atom. The summed E-state index contributed by atoms with van der Waals surface area (Å²) in [6, 6.07) is 14.2. The van der Waals surface area contributed by atoms with Gasteiger partial charge in [0.2, 0.25) is 5.91 Å². The summed E-state index contributed by atoms with van der Waals surface area (Å²) in [6.45, 7) is 2.67. The van der Waals surface area contributed by atoms with E-state index in [1.165, 1.54) is 19.3 Å². The lowest BCUT2D eigenvalue weighted by molar-refractivity contribution is -0.123. The van der Waals surface area contributed by atoms with E-state index in [4.69, 9.17) is 0 Å². The summed E-state index contributed by atoms with van der Waals surface area (Å²) >= 11 is 0. The molecule has 0 atom stereocenters. The molecule has 0 bridgehead atoms. The molecular formula is C21H25N3O. The summed E-state index contributed by atoms with van der Waals surface area (Å²) in [5.74, 6) is 1.18. The molecule has 1 aromatic carbocycles. The van der Waals surface area contributed by atoms with Crippen LogP contribution in [-0.2, 0) is 16.8 Å². The molecule has 1 saturated carbocycles. The summed E-state index contributed by atoms with van der Waals surface area (Å²) in [7, 11) is 0. The van der Waals surface area contributed by atoms with E-state index in [1.807, 2.05) is 30.5 Å². The number of nitrogens with zero attached hydrogens (tertiary/aromatic N) is 2. The lowest BCUT2D eigenvalue weighted by atomic mass is 9.95. The van der Waals surface area contributed by atoms with Gasteiger partial charge in [0, 0.05) is 31.4 Å². The predicted molar refractivity (Wildman–Crippen MR) is 99.5 cm³/mol. The number of anilines is 1. The summed E-state index contributed by atoms with van der Waals surface area (Å²) in [5, 5.41) is 3.17. The SMILES string of the molecule is O=C(NCc1cccnc1N1CCCCC1)C1(c2ccccc2)CC1. The number of aromatic nitrogens is 1. The van der Waals surface area contributed by atoms with E-state index < -0.39 is 0 Å². The number of rotatable bonds is 5. The second-order valence-electron chi connectivity index (χ2n) is 7.16. The van der Waals surface area contributed by atoms with Crippen LogP contribution >= 0.6 is 0 Å². The van der Waals surface area contributed by atoms with Crippen LogP contribution in [0, 0.1) is 0 Å². The number of hydrogen-bond donors (Lipinski definition) is 1. The highest BCUT2D eigenvalue weighted by Gasteiger charge is 2.50. The second kappa shape index (κ2) is 6.87. The number of amides is 1. The first-order valence-corrected chi connectivity index (χ1v) is 9.32. The minimum Gasteiger partial charge on any atom is -0.356 e. The maximum Gasteiger partial charge on any atom is 0.230 e. The van der Waals surface area contributed by atoms with Gasteiger partial charge in [-0.15, -0.1) is 0 Å². The van der Waals surface area contributed by atoms with Crippen LogP contribution in [0.2, 0.25) is 0 Å². The zero-order chi connectivity index (χ0) is 17.1. The number of hydrogen-bond acceptors (Lipinski definition) is 3. The van der Waals surface area contributed by atoms with Crippen LogP contribution in [-0.4, -0.2) is 24.0 Å². The predicted octanol–water partition coefficient (Wildman–Crippen LogP) is 3.42. The van der Waals surface area contributed by atoms with E-state index in [-0.39, 0.29) is 11.3 Å². The lowest BCUT2D eigenvalue weighted by Gasteiger charge is -2.29. The van der Waals surface area contributed by atoms with Gasteiger partial charge in [-0.1, -0.05) is 36.4 Å². The van der Waals surface area contributed by atoms with E-state index in [0.29, 0.717) is 6.54 Å². The monoisotopic (exact) mass is 335 g/mol. The van der Waals surface area contributed by atoms with Gasteiger partial charge >= 0.3 is 0 Å². The van der Waals surface area contributed by atoms with Crippen molar-refractivity contribution in [2.75, 3.05) is 18.0 Å². The molecule has 2 heterocycles. The summed E-state index contributed by atoms with van der Waals surface area (Å²) in [4.78, 5) is 19.8. The minimum absolute atomic E-state index is 0.146. The fourth-order valence-electron chi connectivity index (χ4n) is 3.83. The molecule has 1 N–H and O–H groups in total. The highest BCUT2D eigenvalue weighted by molar-refractivity contribution is 5.91. The van der Waals surface area contributed by atoms with E-state index in [2.05, 4.69) is 33.4 Å². The van der Waals surface area contributed by atoms with Crippen molar-refractivity contribution in [1.29, 1.82) is 0 Å². The molecule has 2 aliphatic rings. The fourth-order valence-corrected chi connectivity index (χ4v) is 3.83. The maximum atomic E-state index is 12.8. The molecule has 130 valence electrons. The Balaban J connectivity index is 1.46. The Morgan fingerprint density at radius 3 is 2.52 bits per heavy atom. The van der Waals surface area contributed by atoms with Gasteiger partial charge in [0.25, 0.3) is 0 Å². The number of nitrogens with one attached hydrogen (secondary N) is 1. The summed E-state index contributed by atoms with van der Waals surface area (Å²) < 4.78 is 0. The van der Waals surface area contributed by atoms with Crippen LogP contribution in [0.1, 0.15) is 43.2 Å². The molecular weight excluding hydrogens is 310 g/mol. The van der Waals surface area contributed by atoms with Gasteiger partial charge in [-0.05, 0) is 43.7 Å². The first kappa shape index (κ1) is 16.1. The molecule has 0 unspecified atom stereocenters. The fraction of sp³-hybridized carbons (Fsp3) is 0.429. The van der Waals surface area contributed by atoms with Crippen molar-refractivity contribution < 1.29 is 4.79 Å². The van der Waals surface area contributed by atoms with Gasteiger partial charge in [0.15, 0.2) is 0 Å². The molecule has 2 fully saturated rings. The minimum atomic E-state index is -0.311. The van der Waals surface area contributed by atoms with Gasteiger partial charge in [-0.25, -0.2) is 4.98 Å². The van der Waals surface area contributed by atoms with Crippen LogP contribution in [0.4, 0.5) is 5.82 Å². The third-order valence-corrected chi connectivity index (χ3v) is 5.47. The van der Waals surface area contributed by atoms with Gasteiger partial charge in [0.1, 0.15) is 5.82 Å². The number of piperidine rings is 1. The molecule has 25 heavy (non-hydrogen) atoms. The standard InChI is InChI=1S/C21H25N3O/c25-20(21(11-12-21)18-9-3-1-4-10-18)23-16-17-8-7-13-22-19(17)24-14-5-2-6-15-24/h1,3-4,7-10,13H,2,5-6,11-12,14-16H2,(H,23,25). The molecule has 2 aromatic rings. The van der Waals surface area contributed by atoms with E-state index >= 15 is 0 Å². The molecule has 1 aliphatic carbocycles. The normalized spacial score (nSPS) is 18.6. The van der Waals surface area contributed by atoms with Gasteiger partial charge in [-0.3, -0.25) is 4.79 Å². The number of carbonyl (C=O) groups is 1. The number of pyridine rings is 1. The highest BCUT2D eigenvalue weighted by atomic mass is 16.2. The van der Waals surface area contributed by atoms with Crippen LogP contribution in [0.5, 0.6) is 0 Å². The Kier molecular flexibility index (Phi) is 4.43. The Labute approximate surface area is 149 Å². The van der Waals surface area contributed by atoms with Crippen molar-refractivity contribution in [3.05, 3.63) is 59.8 Å². The molecule has 4 heteroatoms. The zero-order valence-electron chi connectivity index (χ0n) is 14.6. The van der Waals surface area contributed by atoms with Crippen molar-refractivity contribution in [3.8, 4) is 0 Å². The summed E-state index contributed by atoms with van der Waals surface area (Å²) in [5.41, 5.74) is 1.94. The third kappa shape index (κ3) is 3.26. The first-order chi connectivity index (χ1) is 12.3.